The Morgan fingerprint density at radius 3 is 1.70 bits per heavy atom. The van der Waals surface area contributed by atoms with Crippen molar-refractivity contribution in [2.45, 2.75) is 0 Å². The molecule has 10 heavy (non-hydrogen) atoms. The smallest absolute Gasteiger partial charge is 0.00205 e. The van der Waals surface area contributed by atoms with E-state index in [4.69, 9.17) is 38.7 Å². The molecule has 0 unspecified atom stereocenters. The molecule has 10 heteroatoms. The molecule has 0 aromatic carbocycles. The van der Waals surface area contributed by atoms with Gasteiger partial charge < -0.3 is 8.34 Å². The number of rotatable bonds is 4. The molecular weight excluding hydrogens is 128 g/mol. The quantitative estimate of drug-likeness (QED) is 0.288. The third-order valence-corrected chi connectivity index (χ3v) is 2.14. The maximum atomic E-state index is 5.34. The number of hydrogen-bond donors (Lipinski definition) is 0. The van der Waals surface area contributed by atoms with Gasteiger partial charge in [0.25, 0.3) is 0 Å². The molecule has 0 saturated carbocycles. The van der Waals surface area contributed by atoms with E-state index in [2.05, 4.69) is 0 Å². The van der Waals surface area contributed by atoms with E-state index in [0.717, 1.165) is 8.34 Å². The molecule has 0 aliphatic carbocycles. The molecule has 0 aliphatic rings. The topological polar surface area (TPSA) is 0 Å². The van der Waals surface area contributed by atoms with E-state index in [-0.39, 0.29) is 6.21 Å². The minimum Gasteiger partial charge on any atom is -0.629 e. The van der Waals surface area contributed by atoms with Crippen LogP contribution in [0.4, 0.5) is 0 Å². The van der Waals surface area contributed by atoms with Crippen molar-refractivity contribution in [2.24, 2.45) is 0 Å². The molecule has 0 heterocycles. The molecule has 0 nitrogen and oxygen atoms in total. The van der Waals surface area contributed by atoms with E-state index < -0.39 is 12.6 Å². The maximum absolute atomic E-state index is 5.34. The maximum Gasteiger partial charge on any atom is -0.00205 e. The lowest BCUT2D eigenvalue weighted by Crippen LogP contribution is -2.41. The first-order valence-corrected chi connectivity index (χ1v) is 3.88. The highest BCUT2D eigenvalue weighted by molar-refractivity contribution is 8.24. The average Bonchev–Trinajstić information content (AvgIpc) is 1.81. The van der Waals surface area contributed by atoms with Crippen LogP contribution in [0.5, 0.6) is 0 Å². The molecule has 33 valence electrons. The Morgan fingerprint density at radius 1 is 1.10 bits per heavy atom. The summed E-state index contributed by atoms with van der Waals surface area (Å²) >= 11 is 0. The highest BCUT2D eigenvalue weighted by Crippen LogP contribution is 2.13. The largest absolute Gasteiger partial charge is 0.629 e. The van der Waals surface area contributed by atoms with Gasteiger partial charge in [-0.2, -0.15) is 0 Å². The zero-order valence-corrected chi connectivity index (χ0v) is 6.54. The average molecular weight is 128 g/mol. The van der Waals surface area contributed by atoms with E-state index in [1.54, 1.807) is 0 Å². The third-order valence-electron chi connectivity index (χ3n) is 0.936. The van der Waals surface area contributed by atoms with Gasteiger partial charge in [-0.3, -0.25) is 0 Å². The first kappa shape index (κ1) is 11.0. The van der Waals surface area contributed by atoms with Crippen molar-refractivity contribution in [3.05, 3.63) is 0 Å². The highest BCUT2D eigenvalue weighted by atomic mass is 31.1. The molecule has 0 fully saturated rings. The van der Waals surface area contributed by atoms with E-state index in [1.807, 2.05) is 0 Å². The van der Waals surface area contributed by atoms with Crippen molar-refractivity contribution in [3.63, 3.8) is 0 Å². The molecule has 0 saturated heterocycles. The molecule has 0 amide bonds. The van der Waals surface area contributed by atoms with E-state index in [0.29, 0.717) is 0 Å². The molecule has 0 rings (SSSR count). The lowest BCUT2D eigenvalue weighted by molar-refractivity contribution is 3.72. The van der Waals surface area contributed by atoms with E-state index >= 15 is 0 Å². The van der Waals surface area contributed by atoms with Crippen LogP contribution in [0.1, 0.15) is 0 Å². The van der Waals surface area contributed by atoms with Crippen LogP contribution >= 0.6 is 8.34 Å². The molecule has 11 radical (unpaired) electrons. The predicted octanol–water partition coefficient (Wildman–Crippen LogP) is -2.57. The van der Waals surface area contributed by atoms with Crippen molar-refractivity contribution in [1.29, 1.82) is 0 Å². The van der Waals surface area contributed by atoms with Gasteiger partial charge in [-0.15, -0.1) is 12.4 Å². The Labute approximate surface area is 73.3 Å². The van der Waals surface area contributed by atoms with Gasteiger partial charge in [0.1, 0.15) is 0 Å². The van der Waals surface area contributed by atoms with Crippen LogP contribution in [0, 0.1) is 0 Å². The number of hydrogen-bond acceptors (Lipinski definition) is 0. The Balaban J connectivity index is 3.60. The Hall–Kier alpha value is 1.01. The van der Waals surface area contributed by atoms with Crippen molar-refractivity contribution in [1.82, 2.24) is 0 Å². The van der Waals surface area contributed by atoms with Gasteiger partial charge in [0.2, 0.25) is 0 Å². The summed E-state index contributed by atoms with van der Waals surface area (Å²) in [5.74, 6) is 0. The summed E-state index contributed by atoms with van der Waals surface area (Å²) in [7, 11) is 28.7. The zero-order valence-electron chi connectivity index (χ0n) is 5.64. The first-order valence-electron chi connectivity index (χ1n) is 2.85. The fourth-order valence-electron chi connectivity index (χ4n) is 0.476. The van der Waals surface area contributed by atoms with E-state index in [9.17, 15) is 0 Å². The van der Waals surface area contributed by atoms with E-state index in [1.165, 1.54) is 7.06 Å². The third kappa shape index (κ3) is 4.77. The van der Waals surface area contributed by atoms with Crippen LogP contribution in [0.3, 0.4) is 0 Å². The highest BCUT2D eigenvalue weighted by Gasteiger charge is 2.02. The second kappa shape index (κ2) is 5.64. The summed E-state index contributed by atoms with van der Waals surface area (Å²) in [6, 6.07) is 0. The lowest BCUT2D eigenvalue weighted by atomic mass is 8.90. The molecule has 0 aromatic heterocycles. The van der Waals surface area contributed by atoms with Crippen LogP contribution < -0.4 is 0 Å². The van der Waals surface area contributed by atoms with Gasteiger partial charge in [0, 0.05) is 0 Å². The van der Waals surface area contributed by atoms with Crippen LogP contribution in [-0.2, 0) is 0 Å². The minimum absolute atomic E-state index is 0.125. The van der Waals surface area contributed by atoms with Gasteiger partial charge in [0.05, 0.1) is 0 Å². The van der Waals surface area contributed by atoms with Crippen LogP contribution in [0.2, 0.25) is 0 Å². The fourth-order valence-corrected chi connectivity index (χ4v) is 1.17. The minimum atomic E-state index is -0.485. The van der Waals surface area contributed by atoms with Crippen molar-refractivity contribution >= 4 is 72.9 Å². The van der Waals surface area contributed by atoms with Crippen molar-refractivity contribution in [2.75, 3.05) is 0 Å². The predicted molar refractivity (Wildman–Crippen MR) is 58.7 cm³/mol. The van der Waals surface area contributed by atoms with Gasteiger partial charge in [0.15, 0.2) is 0 Å². The molecular formula is B9P-. The summed E-state index contributed by atoms with van der Waals surface area (Å²) in [4.78, 5) is 0. The summed E-state index contributed by atoms with van der Waals surface area (Å²) in [6.45, 7) is 0. The lowest BCUT2D eigenvalue weighted by Gasteiger charge is -2.35. The van der Waals surface area contributed by atoms with Gasteiger partial charge in [-0.1, -0.05) is 0 Å². The van der Waals surface area contributed by atoms with Gasteiger partial charge in [-0.25, -0.2) is 0 Å². The second-order valence-corrected chi connectivity index (χ2v) is 3.39. The molecule has 0 atom stereocenters. The van der Waals surface area contributed by atoms with Gasteiger partial charge >= 0.3 is 0 Å². The molecule has 0 spiro atoms. The summed E-state index contributed by atoms with van der Waals surface area (Å²) in [5.41, 5.74) is 0. The first-order chi connectivity index (χ1) is 4.57. The standard InChI is InChI=1S/B9P/c1-6-9(7(2)3)10-8(4)5/q-1. The molecule has 0 N–H and O–H groups in total. The summed E-state index contributed by atoms with van der Waals surface area (Å²) in [5, 5.41) is 0. The van der Waals surface area contributed by atoms with Crippen LogP contribution in [0.15, 0.2) is 0 Å². The Bertz CT molecular complexity index is 76.8. The second-order valence-electron chi connectivity index (χ2n) is 1.90. The van der Waals surface area contributed by atoms with Crippen molar-refractivity contribution in [3.8, 4) is 0 Å². The fraction of sp³-hybridized carbons (Fsp3) is 0. The molecule has 0 aliphatic heterocycles. The normalized spacial score (nSPS) is 9.60. The Morgan fingerprint density at radius 2 is 1.60 bits per heavy atom. The molecule has 0 aromatic rings. The van der Waals surface area contributed by atoms with Crippen molar-refractivity contribution < 1.29 is 0 Å². The zero-order chi connectivity index (χ0) is 8.15. The SMILES string of the molecule is [B][B]B([P-]B([B])[B])B([B])[B]. The van der Waals surface area contributed by atoms with Crippen LogP contribution in [-0.4, -0.2) is 64.6 Å². The summed E-state index contributed by atoms with van der Waals surface area (Å²) in [6.07, 6.45) is -1.04. The van der Waals surface area contributed by atoms with Crippen LogP contribution in [0.25, 0.3) is 0 Å². The van der Waals surface area contributed by atoms with Gasteiger partial charge in [-0.05, 0) is 52.1 Å². The Kier molecular flexibility index (Phi) is 6.21. The monoisotopic (exact) mass is 130 g/mol. The molecule has 0 bridgehead atoms. The summed E-state index contributed by atoms with van der Waals surface area (Å²) < 4.78 is 0.